The van der Waals surface area contributed by atoms with Crippen LogP contribution in [-0.2, 0) is 16.6 Å². The Labute approximate surface area is 127 Å². The third-order valence-electron chi connectivity index (χ3n) is 2.80. The maximum absolute atomic E-state index is 12.3. The summed E-state index contributed by atoms with van der Waals surface area (Å²) in [5.74, 6) is 5.35. The molecule has 0 bridgehead atoms. The SMILES string of the molecule is Cc1n[nH]c(C)c1S(=O)(=O)NCc1sccc1C#CCO. The van der Waals surface area contributed by atoms with E-state index in [1.165, 1.54) is 11.3 Å². The number of aliphatic hydroxyl groups is 1. The molecule has 2 heterocycles. The van der Waals surface area contributed by atoms with Crippen molar-refractivity contribution in [3.05, 3.63) is 33.3 Å². The van der Waals surface area contributed by atoms with Crippen molar-refractivity contribution in [2.24, 2.45) is 0 Å². The minimum absolute atomic E-state index is 0.152. The van der Waals surface area contributed by atoms with Crippen molar-refractivity contribution in [1.29, 1.82) is 0 Å². The molecule has 21 heavy (non-hydrogen) atoms. The molecule has 0 atom stereocenters. The van der Waals surface area contributed by atoms with Gasteiger partial charge in [-0.15, -0.1) is 11.3 Å². The van der Waals surface area contributed by atoms with E-state index >= 15 is 0 Å². The molecule has 0 saturated heterocycles. The van der Waals surface area contributed by atoms with E-state index in [9.17, 15) is 8.42 Å². The maximum Gasteiger partial charge on any atom is 0.244 e. The molecule has 0 radical (unpaired) electrons. The molecule has 0 fully saturated rings. The molecule has 0 amide bonds. The van der Waals surface area contributed by atoms with E-state index in [0.29, 0.717) is 11.4 Å². The maximum atomic E-state index is 12.3. The Bertz CT molecular complexity index is 775. The van der Waals surface area contributed by atoms with Crippen molar-refractivity contribution in [2.45, 2.75) is 25.3 Å². The lowest BCUT2D eigenvalue weighted by Crippen LogP contribution is -2.24. The number of hydrogen-bond acceptors (Lipinski definition) is 5. The summed E-state index contributed by atoms with van der Waals surface area (Å²) in [6, 6.07) is 1.80. The number of thiophene rings is 1. The van der Waals surface area contributed by atoms with E-state index in [2.05, 4.69) is 26.8 Å². The van der Waals surface area contributed by atoms with Crippen LogP contribution in [0.3, 0.4) is 0 Å². The molecular weight excluding hydrogens is 310 g/mol. The fraction of sp³-hybridized carbons (Fsp3) is 0.308. The van der Waals surface area contributed by atoms with Gasteiger partial charge >= 0.3 is 0 Å². The van der Waals surface area contributed by atoms with Gasteiger partial charge in [0.15, 0.2) is 0 Å². The van der Waals surface area contributed by atoms with E-state index in [1.807, 2.05) is 5.38 Å². The lowest BCUT2D eigenvalue weighted by Gasteiger charge is -2.06. The Kier molecular flexibility index (Phi) is 4.80. The molecule has 2 aromatic heterocycles. The van der Waals surface area contributed by atoms with E-state index in [1.54, 1.807) is 19.9 Å². The van der Waals surface area contributed by atoms with E-state index in [0.717, 1.165) is 10.4 Å². The van der Waals surface area contributed by atoms with Crippen LogP contribution in [0.4, 0.5) is 0 Å². The van der Waals surface area contributed by atoms with Crippen molar-refractivity contribution in [1.82, 2.24) is 14.9 Å². The molecule has 0 unspecified atom stereocenters. The first-order valence-electron chi connectivity index (χ1n) is 6.13. The normalized spacial score (nSPS) is 11.2. The largest absolute Gasteiger partial charge is 0.384 e. The van der Waals surface area contributed by atoms with Gasteiger partial charge < -0.3 is 5.11 Å². The summed E-state index contributed by atoms with van der Waals surface area (Å²) in [6.45, 7) is 3.23. The molecule has 0 aliphatic heterocycles. The van der Waals surface area contributed by atoms with Crippen LogP contribution in [-0.4, -0.2) is 30.3 Å². The summed E-state index contributed by atoms with van der Waals surface area (Å²) in [7, 11) is -3.63. The Morgan fingerprint density at radius 2 is 2.24 bits per heavy atom. The molecule has 0 aliphatic carbocycles. The van der Waals surface area contributed by atoms with Gasteiger partial charge in [-0.2, -0.15) is 5.10 Å². The Morgan fingerprint density at radius 1 is 1.48 bits per heavy atom. The molecule has 2 rings (SSSR count). The number of aliphatic hydroxyl groups excluding tert-OH is 1. The summed E-state index contributed by atoms with van der Waals surface area (Å²) >= 11 is 1.41. The molecule has 0 spiro atoms. The van der Waals surface area contributed by atoms with Crippen LogP contribution in [0.1, 0.15) is 21.8 Å². The van der Waals surface area contributed by atoms with Gasteiger partial charge in [-0.25, -0.2) is 13.1 Å². The molecular formula is C13H15N3O3S2. The van der Waals surface area contributed by atoms with E-state index < -0.39 is 10.0 Å². The van der Waals surface area contributed by atoms with Crippen molar-refractivity contribution >= 4 is 21.4 Å². The zero-order valence-corrected chi connectivity index (χ0v) is 13.2. The van der Waals surface area contributed by atoms with Gasteiger partial charge in [0.2, 0.25) is 10.0 Å². The summed E-state index contributed by atoms with van der Waals surface area (Å²) in [5, 5.41) is 17.1. The van der Waals surface area contributed by atoms with Crippen molar-refractivity contribution < 1.29 is 13.5 Å². The fourth-order valence-corrected chi connectivity index (χ4v) is 4.12. The van der Waals surface area contributed by atoms with Gasteiger partial charge in [-0.05, 0) is 25.3 Å². The number of aromatic amines is 1. The van der Waals surface area contributed by atoms with Crippen LogP contribution in [0.25, 0.3) is 0 Å². The number of aryl methyl sites for hydroxylation is 2. The molecule has 112 valence electrons. The Balaban J connectivity index is 2.19. The molecule has 3 N–H and O–H groups in total. The number of rotatable bonds is 4. The van der Waals surface area contributed by atoms with Gasteiger partial charge in [0.05, 0.1) is 11.4 Å². The topological polar surface area (TPSA) is 95.1 Å². The smallest absolute Gasteiger partial charge is 0.244 e. The van der Waals surface area contributed by atoms with Crippen LogP contribution in [0.15, 0.2) is 16.3 Å². The van der Waals surface area contributed by atoms with Gasteiger partial charge in [0, 0.05) is 17.0 Å². The van der Waals surface area contributed by atoms with Gasteiger partial charge in [0.25, 0.3) is 0 Å². The van der Waals surface area contributed by atoms with Crippen molar-refractivity contribution in [3.63, 3.8) is 0 Å². The number of H-pyrrole nitrogens is 1. The second-order valence-corrected chi connectivity index (χ2v) is 7.01. The minimum Gasteiger partial charge on any atom is -0.384 e. The summed E-state index contributed by atoms with van der Waals surface area (Å²) in [6.07, 6.45) is 0. The van der Waals surface area contributed by atoms with Crippen LogP contribution >= 0.6 is 11.3 Å². The Morgan fingerprint density at radius 3 is 2.86 bits per heavy atom. The highest BCUT2D eigenvalue weighted by Crippen LogP contribution is 2.19. The monoisotopic (exact) mass is 325 g/mol. The molecule has 8 heteroatoms. The third kappa shape index (κ3) is 3.51. The van der Waals surface area contributed by atoms with Crippen molar-refractivity contribution in [2.75, 3.05) is 6.61 Å². The first-order valence-corrected chi connectivity index (χ1v) is 8.49. The first kappa shape index (κ1) is 15.7. The van der Waals surface area contributed by atoms with Crippen LogP contribution in [0, 0.1) is 25.7 Å². The highest BCUT2D eigenvalue weighted by molar-refractivity contribution is 7.89. The average molecular weight is 325 g/mol. The number of aromatic nitrogens is 2. The zero-order valence-electron chi connectivity index (χ0n) is 11.6. The van der Waals surface area contributed by atoms with Crippen LogP contribution in [0.5, 0.6) is 0 Å². The quantitative estimate of drug-likeness (QED) is 0.728. The van der Waals surface area contributed by atoms with E-state index in [-0.39, 0.29) is 18.0 Å². The van der Waals surface area contributed by atoms with Gasteiger partial charge in [-0.3, -0.25) is 5.10 Å². The Hall–Kier alpha value is -1.66. The van der Waals surface area contributed by atoms with Gasteiger partial charge in [0.1, 0.15) is 11.5 Å². The number of sulfonamides is 1. The second kappa shape index (κ2) is 6.41. The number of hydrogen-bond donors (Lipinski definition) is 3. The fourth-order valence-electron chi connectivity index (χ4n) is 1.89. The predicted molar refractivity (Wildman–Crippen MR) is 80.4 cm³/mol. The van der Waals surface area contributed by atoms with E-state index in [4.69, 9.17) is 5.11 Å². The van der Waals surface area contributed by atoms with Crippen LogP contribution in [0.2, 0.25) is 0 Å². The summed E-state index contributed by atoms with van der Waals surface area (Å²) in [5.41, 5.74) is 1.66. The minimum atomic E-state index is -3.63. The standard InChI is InChI=1S/C13H15N3O3S2/c1-9-13(10(2)16-15-9)21(18,19)14-8-12-11(4-3-6-17)5-7-20-12/h5,7,14,17H,6,8H2,1-2H3,(H,15,16). The molecule has 0 saturated carbocycles. The third-order valence-corrected chi connectivity index (χ3v) is 5.38. The van der Waals surface area contributed by atoms with Crippen LogP contribution < -0.4 is 4.72 Å². The predicted octanol–water partition coefficient (Wildman–Crippen LogP) is 0.910. The second-order valence-electron chi connectivity index (χ2n) is 4.31. The zero-order chi connectivity index (χ0) is 15.5. The molecule has 0 aliphatic rings. The highest BCUT2D eigenvalue weighted by atomic mass is 32.2. The summed E-state index contributed by atoms with van der Waals surface area (Å²) < 4.78 is 27.2. The highest BCUT2D eigenvalue weighted by Gasteiger charge is 2.22. The summed E-state index contributed by atoms with van der Waals surface area (Å²) in [4.78, 5) is 0.986. The molecule has 2 aromatic rings. The lowest BCUT2D eigenvalue weighted by atomic mass is 10.2. The first-order chi connectivity index (χ1) is 9.95. The number of nitrogens with zero attached hydrogens (tertiary/aromatic N) is 1. The van der Waals surface area contributed by atoms with Gasteiger partial charge in [-0.1, -0.05) is 11.8 Å². The number of nitrogens with one attached hydrogen (secondary N) is 2. The lowest BCUT2D eigenvalue weighted by molar-refractivity contribution is 0.350. The molecule has 6 nitrogen and oxygen atoms in total. The average Bonchev–Trinajstić information content (AvgIpc) is 3.01. The van der Waals surface area contributed by atoms with Crippen molar-refractivity contribution in [3.8, 4) is 11.8 Å². The molecule has 0 aromatic carbocycles.